The topological polar surface area (TPSA) is 0 Å². The maximum absolute atomic E-state index is 2.40. The van der Waals surface area contributed by atoms with Crippen LogP contribution in [0.2, 0.25) is 0 Å². The van der Waals surface area contributed by atoms with Crippen molar-refractivity contribution in [1.82, 2.24) is 0 Å². The summed E-state index contributed by atoms with van der Waals surface area (Å²) in [5.74, 6) is 0. The van der Waals surface area contributed by atoms with Gasteiger partial charge in [-0.1, -0.05) is 117 Å². The van der Waals surface area contributed by atoms with Crippen LogP contribution in [-0.2, 0) is 10.8 Å². The van der Waals surface area contributed by atoms with Gasteiger partial charge in [0.2, 0.25) is 0 Å². The summed E-state index contributed by atoms with van der Waals surface area (Å²) in [6, 6.07) is 18.0. The van der Waals surface area contributed by atoms with Crippen LogP contribution in [0.4, 0.5) is 0 Å². The Morgan fingerprint density at radius 1 is 0.533 bits per heavy atom. The molecule has 0 aromatic heterocycles. The molecular weight excluding hydrogens is 506 g/mol. The van der Waals surface area contributed by atoms with Crippen LogP contribution in [0.1, 0.15) is 93.2 Å². The molecule has 0 unspecified atom stereocenters. The van der Waals surface area contributed by atoms with Crippen molar-refractivity contribution in [1.29, 1.82) is 0 Å². The molecule has 0 saturated carbocycles. The average Bonchev–Trinajstić information content (AvgIpc) is 2.51. The molecule has 0 heterocycles. The second-order valence-corrected chi connectivity index (χ2v) is 13.4. The van der Waals surface area contributed by atoms with Crippen molar-refractivity contribution >= 4 is 60.6 Å². The van der Waals surface area contributed by atoms with E-state index >= 15 is 0 Å². The zero-order valence-corrected chi connectivity index (χ0v) is 21.3. The normalized spacial score (nSPS) is 13.1. The third kappa shape index (κ3) is 8.37. The predicted octanol–water partition coefficient (Wildman–Crippen LogP) is 8.35. The van der Waals surface area contributed by atoms with Crippen molar-refractivity contribution in [3.63, 3.8) is 0 Å². The van der Waals surface area contributed by atoms with Crippen LogP contribution in [0, 0.1) is 10.8 Å². The molecule has 0 fully saturated rings. The van der Waals surface area contributed by atoms with Gasteiger partial charge < -0.3 is 0 Å². The van der Waals surface area contributed by atoms with Gasteiger partial charge >= 0.3 is 48.9 Å². The third-order valence-electron chi connectivity index (χ3n) is 5.40. The Morgan fingerprint density at radius 3 is 1.13 bits per heavy atom. The first kappa shape index (κ1) is 28.4. The summed E-state index contributed by atoms with van der Waals surface area (Å²) >= 11 is 1.95. The van der Waals surface area contributed by atoms with Gasteiger partial charge in [-0.2, -0.15) is 0 Å². The molecule has 0 aliphatic heterocycles. The van der Waals surface area contributed by atoms with E-state index in [1.165, 1.54) is 20.9 Å². The summed E-state index contributed by atoms with van der Waals surface area (Å²) in [6.45, 7) is 23.6. The molecule has 0 nitrogen and oxygen atoms in total. The quantitative estimate of drug-likeness (QED) is 0.326. The van der Waals surface area contributed by atoms with E-state index in [4.69, 9.17) is 0 Å². The van der Waals surface area contributed by atoms with E-state index in [1.807, 2.05) is 11.8 Å². The van der Waals surface area contributed by atoms with Gasteiger partial charge in [-0.3, -0.25) is 0 Å². The van der Waals surface area contributed by atoms with Crippen LogP contribution in [0.15, 0.2) is 58.3 Å². The summed E-state index contributed by atoms with van der Waals surface area (Å²) in [5.41, 5.74) is 3.80. The number of hydrogen-bond donors (Lipinski definition) is 0. The first-order valence-corrected chi connectivity index (χ1v) is 11.8. The molecule has 2 rings (SSSR count). The predicted molar refractivity (Wildman–Crippen MR) is 140 cm³/mol. The maximum atomic E-state index is 2.40. The first-order valence-electron chi connectivity index (χ1n) is 11.0. The molecule has 0 aliphatic carbocycles. The van der Waals surface area contributed by atoms with Gasteiger partial charge in [0.25, 0.3) is 0 Å². The summed E-state index contributed by atoms with van der Waals surface area (Å²) in [4.78, 5) is 2.78. The Labute approximate surface area is 231 Å². The fourth-order valence-electron chi connectivity index (χ4n) is 5.19. The van der Waals surface area contributed by atoms with Crippen molar-refractivity contribution < 1.29 is 0 Å². The summed E-state index contributed by atoms with van der Waals surface area (Å²) < 4.78 is 0. The molecule has 2 aromatic rings. The summed E-state index contributed by atoms with van der Waals surface area (Å²) in [7, 11) is 0. The van der Waals surface area contributed by atoms with Crippen LogP contribution in [0.25, 0.3) is 0 Å². The van der Waals surface area contributed by atoms with Gasteiger partial charge in [-0.05, 0) is 57.8 Å². The number of benzene rings is 2. The second kappa shape index (κ2) is 10.5. The van der Waals surface area contributed by atoms with Crippen molar-refractivity contribution in [2.75, 3.05) is 0 Å². The van der Waals surface area contributed by atoms with Crippen molar-refractivity contribution in [3.8, 4) is 0 Å². The molecule has 0 N–H and O–H groups in total. The van der Waals surface area contributed by atoms with Crippen LogP contribution < -0.4 is 0 Å². The molecule has 2 heteroatoms. The summed E-state index contributed by atoms with van der Waals surface area (Å²) in [6.07, 6.45) is 2.32. The zero-order chi connectivity index (χ0) is 22.1. The van der Waals surface area contributed by atoms with Gasteiger partial charge in [0.05, 0.1) is 0 Å². The molecule has 2 aromatic carbocycles. The van der Waals surface area contributed by atoms with Crippen LogP contribution in [-0.4, -0.2) is 48.9 Å². The molecule has 30 heavy (non-hydrogen) atoms. The summed E-state index contributed by atoms with van der Waals surface area (Å²) in [5, 5.41) is 0. The van der Waals surface area contributed by atoms with Crippen molar-refractivity contribution in [2.45, 2.75) is 103 Å². The number of hydrogen-bond acceptors (Lipinski definition) is 1. The molecule has 0 spiro atoms. The van der Waals surface area contributed by atoms with Crippen molar-refractivity contribution in [2.24, 2.45) is 10.8 Å². The fraction of sp³-hybridized carbons (Fsp3) is 0.571. The SMILES string of the molecule is CC(C)(C)CC(C)(C)c1ccccc1Sc1ccccc1C(C)(C)CC(C)(C)C.[BaH2]. The molecule has 0 aliphatic rings. The molecule has 0 bridgehead atoms. The Kier molecular flexibility index (Phi) is 9.97. The molecular formula is C28H44BaS. The van der Waals surface area contributed by atoms with Gasteiger partial charge in [-0.15, -0.1) is 0 Å². The first-order chi connectivity index (χ1) is 13.1. The van der Waals surface area contributed by atoms with E-state index in [0.717, 1.165) is 12.8 Å². The van der Waals surface area contributed by atoms with Crippen molar-refractivity contribution in [3.05, 3.63) is 59.7 Å². The van der Waals surface area contributed by atoms with E-state index in [-0.39, 0.29) is 59.7 Å². The van der Waals surface area contributed by atoms with Crippen LogP contribution >= 0.6 is 11.8 Å². The second-order valence-electron chi connectivity index (χ2n) is 12.3. The minimum atomic E-state index is 0. The Morgan fingerprint density at radius 2 is 0.833 bits per heavy atom. The third-order valence-corrected chi connectivity index (χ3v) is 6.55. The Bertz CT molecular complexity index is 750. The van der Waals surface area contributed by atoms with E-state index in [0.29, 0.717) is 10.8 Å². The van der Waals surface area contributed by atoms with E-state index in [2.05, 4.69) is 118 Å². The van der Waals surface area contributed by atoms with E-state index < -0.39 is 0 Å². The Balaban J connectivity index is 0.00000450. The molecule has 0 atom stereocenters. The molecule has 0 amide bonds. The number of rotatable bonds is 6. The van der Waals surface area contributed by atoms with Gasteiger partial charge in [-0.25, -0.2) is 0 Å². The van der Waals surface area contributed by atoms with Crippen LogP contribution in [0.3, 0.4) is 0 Å². The standard InChI is InChI=1S/C28H42S.Ba.2H/c1-25(2,3)19-27(7,8)21-15-11-13-17-23(21)29-24-18-14-12-16-22(24)28(9,10)20-26(4,5)6;;;/h11-18H,19-20H2,1-10H3;;;. The van der Waals surface area contributed by atoms with E-state index in [1.54, 1.807) is 0 Å². The monoisotopic (exact) mass is 550 g/mol. The molecule has 0 saturated heterocycles. The zero-order valence-electron chi connectivity index (χ0n) is 20.4. The van der Waals surface area contributed by atoms with Gasteiger partial charge in [0, 0.05) is 9.79 Å². The van der Waals surface area contributed by atoms with Crippen LogP contribution in [0.5, 0.6) is 0 Å². The van der Waals surface area contributed by atoms with Gasteiger partial charge in [0.1, 0.15) is 0 Å². The average molecular weight is 550 g/mol. The minimum absolute atomic E-state index is 0. The fourth-order valence-corrected chi connectivity index (χ4v) is 6.63. The van der Waals surface area contributed by atoms with E-state index in [9.17, 15) is 0 Å². The van der Waals surface area contributed by atoms with Gasteiger partial charge in [0.15, 0.2) is 0 Å². The Hall–Kier alpha value is 0.361. The molecule has 0 radical (unpaired) electrons. The molecule has 164 valence electrons.